The number of hydrogen-bond donors (Lipinski definition) is 1. The molecule has 0 aliphatic carbocycles. The van der Waals surface area contributed by atoms with Gasteiger partial charge in [-0.1, -0.05) is 18.2 Å². The maximum absolute atomic E-state index is 13.1. The zero-order valence-corrected chi connectivity index (χ0v) is 10.4. The number of para-hydroxylation sites is 2. The highest BCUT2D eigenvalue weighted by molar-refractivity contribution is 5.72. The number of oxazole rings is 1. The van der Waals surface area contributed by atoms with Crippen LogP contribution in [0.15, 0.2) is 46.9 Å². The Morgan fingerprint density at radius 2 is 1.90 bits per heavy atom. The van der Waals surface area contributed by atoms with Gasteiger partial charge in [0.15, 0.2) is 23.1 Å². The fraction of sp³-hybridized carbons (Fsp3) is 0.133. The Hall–Kier alpha value is -2.27. The molecule has 0 spiro atoms. The molecule has 1 heterocycles. The van der Waals surface area contributed by atoms with Crippen LogP contribution in [0.3, 0.4) is 0 Å². The van der Waals surface area contributed by atoms with E-state index >= 15 is 0 Å². The summed E-state index contributed by atoms with van der Waals surface area (Å²) in [6.45, 7) is 0. The predicted molar refractivity (Wildman–Crippen MR) is 69.0 cm³/mol. The quantitative estimate of drug-likeness (QED) is 0.797. The second-order valence-corrected chi connectivity index (χ2v) is 4.47. The SMILES string of the molecule is OC(Cc1nc2ccccc2o1)c1ccc(F)c(F)c1. The van der Waals surface area contributed by atoms with Crippen molar-refractivity contribution in [3.8, 4) is 0 Å². The number of hydrogen-bond acceptors (Lipinski definition) is 3. The van der Waals surface area contributed by atoms with Crippen molar-refractivity contribution in [2.75, 3.05) is 0 Å². The van der Waals surface area contributed by atoms with E-state index in [-0.39, 0.29) is 12.0 Å². The van der Waals surface area contributed by atoms with E-state index < -0.39 is 17.7 Å². The summed E-state index contributed by atoms with van der Waals surface area (Å²) in [4.78, 5) is 4.22. The molecule has 3 nitrogen and oxygen atoms in total. The van der Waals surface area contributed by atoms with Gasteiger partial charge >= 0.3 is 0 Å². The topological polar surface area (TPSA) is 46.3 Å². The van der Waals surface area contributed by atoms with Crippen LogP contribution in [0.4, 0.5) is 8.78 Å². The lowest BCUT2D eigenvalue weighted by Crippen LogP contribution is -2.03. The Kier molecular flexibility index (Phi) is 3.20. The predicted octanol–water partition coefficient (Wildman–Crippen LogP) is 3.38. The Bertz CT molecular complexity index is 721. The number of aliphatic hydroxyl groups excluding tert-OH is 1. The number of fused-ring (bicyclic) bond motifs is 1. The molecule has 1 atom stereocenters. The lowest BCUT2D eigenvalue weighted by atomic mass is 10.1. The molecular formula is C15H11F2NO2. The third kappa shape index (κ3) is 2.40. The van der Waals surface area contributed by atoms with E-state index in [0.717, 1.165) is 12.1 Å². The molecule has 3 rings (SSSR count). The zero-order valence-electron chi connectivity index (χ0n) is 10.4. The highest BCUT2D eigenvalue weighted by Gasteiger charge is 2.15. The average molecular weight is 275 g/mol. The summed E-state index contributed by atoms with van der Waals surface area (Å²) in [7, 11) is 0. The van der Waals surface area contributed by atoms with E-state index in [0.29, 0.717) is 17.0 Å². The molecule has 0 bridgehead atoms. The monoisotopic (exact) mass is 275 g/mol. The van der Waals surface area contributed by atoms with Crippen LogP contribution in [-0.2, 0) is 6.42 Å². The number of nitrogens with zero attached hydrogens (tertiary/aromatic N) is 1. The minimum atomic E-state index is -1.00. The molecule has 0 fully saturated rings. The second kappa shape index (κ2) is 5.02. The van der Waals surface area contributed by atoms with E-state index in [1.54, 1.807) is 12.1 Å². The first-order valence-corrected chi connectivity index (χ1v) is 6.11. The lowest BCUT2D eigenvalue weighted by Gasteiger charge is -2.08. The maximum Gasteiger partial charge on any atom is 0.198 e. The van der Waals surface area contributed by atoms with Gasteiger partial charge in [0.2, 0.25) is 0 Å². The van der Waals surface area contributed by atoms with Gasteiger partial charge in [-0.3, -0.25) is 0 Å². The summed E-state index contributed by atoms with van der Waals surface area (Å²) in [6.07, 6.45) is -0.905. The van der Waals surface area contributed by atoms with Gasteiger partial charge in [0.05, 0.1) is 12.5 Å². The molecule has 102 valence electrons. The summed E-state index contributed by atoms with van der Waals surface area (Å²) in [5, 5.41) is 10.0. The molecule has 0 saturated heterocycles. The first-order valence-electron chi connectivity index (χ1n) is 6.11. The molecule has 1 N–H and O–H groups in total. The fourth-order valence-electron chi connectivity index (χ4n) is 2.01. The van der Waals surface area contributed by atoms with Gasteiger partial charge in [0.1, 0.15) is 5.52 Å². The first-order chi connectivity index (χ1) is 9.63. The highest BCUT2D eigenvalue weighted by atomic mass is 19.2. The van der Waals surface area contributed by atoms with Crippen LogP contribution in [0, 0.1) is 11.6 Å². The van der Waals surface area contributed by atoms with Gasteiger partial charge in [-0.25, -0.2) is 13.8 Å². The van der Waals surface area contributed by atoms with Crippen LogP contribution >= 0.6 is 0 Å². The summed E-state index contributed by atoms with van der Waals surface area (Å²) < 4.78 is 31.4. The molecule has 3 aromatic rings. The van der Waals surface area contributed by atoms with E-state index in [9.17, 15) is 13.9 Å². The van der Waals surface area contributed by atoms with E-state index in [1.807, 2.05) is 12.1 Å². The molecule has 1 aromatic heterocycles. The molecule has 0 aliphatic heterocycles. The first kappa shape index (κ1) is 12.7. The third-order valence-corrected chi connectivity index (χ3v) is 3.03. The zero-order chi connectivity index (χ0) is 14.1. The van der Waals surface area contributed by atoms with Crippen LogP contribution in [-0.4, -0.2) is 10.1 Å². The number of aromatic nitrogens is 1. The summed E-state index contributed by atoms with van der Waals surface area (Å²) in [5.74, 6) is -1.58. The van der Waals surface area contributed by atoms with Crippen molar-refractivity contribution in [2.24, 2.45) is 0 Å². The van der Waals surface area contributed by atoms with Crippen LogP contribution < -0.4 is 0 Å². The number of benzene rings is 2. The molecular weight excluding hydrogens is 264 g/mol. The number of rotatable bonds is 3. The molecule has 0 aliphatic rings. The number of halogens is 2. The molecule has 2 aromatic carbocycles. The molecule has 0 amide bonds. The van der Waals surface area contributed by atoms with Crippen molar-refractivity contribution >= 4 is 11.1 Å². The Morgan fingerprint density at radius 3 is 2.65 bits per heavy atom. The largest absolute Gasteiger partial charge is 0.441 e. The maximum atomic E-state index is 13.1. The van der Waals surface area contributed by atoms with Crippen molar-refractivity contribution < 1.29 is 18.3 Å². The standard InChI is InChI=1S/C15H11F2NO2/c16-10-6-5-9(7-11(10)17)13(19)8-15-18-12-3-1-2-4-14(12)20-15/h1-7,13,19H,8H2. The van der Waals surface area contributed by atoms with Crippen LogP contribution in [0.1, 0.15) is 17.6 Å². The lowest BCUT2D eigenvalue weighted by molar-refractivity contribution is 0.169. The minimum Gasteiger partial charge on any atom is -0.441 e. The van der Waals surface area contributed by atoms with Crippen molar-refractivity contribution in [3.63, 3.8) is 0 Å². The molecule has 5 heteroatoms. The van der Waals surface area contributed by atoms with Gasteiger partial charge in [0, 0.05) is 0 Å². The molecule has 1 unspecified atom stereocenters. The van der Waals surface area contributed by atoms with Crippen molar-refractivity contribution in [3.05, 3.63) is 65.6 Å². The third-order valence-electron chi connectivity index (χ3n) is 3.03. The summed E-state index contributed by atoms with van der Waals surface area (Å²) >= 11 is 0. The van der Waals surface area contributed by atoms with E-state index in [2.05, 4.69) is 4.98 Å². The van der Waals surface area contributed by atoms with Gasteiger partial charge in [0.25, 0.3) is 0 Å². The molecule has 0 radical (unpaired) electrons. The summed E-state index contributed by atoms with van der Waals surface area (Å²) in [6, 6.07) is 10.5. The summed E-state index contributed by atoms with van der Waals surface area (Å²) in [5.41, 5.74) is 1.60. The molecule has 20 heavy (non-hydrogen) atoms. The van der Waals surface area contributed by atoms with E-state index in [1.165, 1.54) is 6.07 Å². The van der Waals surface area contributed by atoms with Crippen molar-refractivity contribution in [1.82, 2.24) is 4.98 Å². The van der Waals surface area contributed by atoms with Gasteiger partial charge in [-0.05, 0) is 29.8 Å². The second-order valence-electron chi connectivity index (χ2n) is 4.47. The van der Waals surface area contributed by atoms with Crippen LogP contribution in [0.25, 0.3) is 11.1 Å². The molecule has 0 saturated carbocycles. The van der Waals surface area contributed by atoms with E-state index in [4.69, 9.17) is 4.42 Å². The Labute approximate surface area is 113 Å². The van der Waals surface area contributed by atoms with Gasteiger partial charge in [-0.2, -0.15) is 0 Å². The van der Waals surface area contributed by atoms with Crippen molar-refractivity contribution in [2.45, 2.75) is 12.5 Å². The minimum absolute atomic E-state index is 0.0970. The van der Waals surface area contributed by atoms with Gasteiger partial charge < -0.3 is 9.52 Å². The van der Waals surface area contributed by atoms with Crippen molar-refractivity contribution in [1.29, 1.82) is 0 Å². The normalized spacial score (nSPS) is 12.8. The average Bonchev–Trinajstić information content (AvgIpc) is 2.83. The Morgan fingerprint density at radius 1 is 1.10 bits per heavy atom. The highest BCUT2D eigenvalue weighted by Crippen LogP contribution is 2.22. The van der Waals surface area contributed by atoms with Crippen LogP contribution in [0.2, 0.25) is 0 Å². The number of aliphatic hydroxyl groups is 1. The fourth-order valence-corrected chi connectivity index (χ4v) is 2.01. The smallest absolute Gasteiger partial charge is 0.198 e. The van der Waals surface area contributed by atoms with Crippen LogP contribution in [0.5, 0.6) is 0 Å². The Balaban J connectivity index is 1.84. The van der Waals surface area contributed by atoms with Gasteiger partial charge in [-0.15, -0.1) is 0 Å².